The molecule has 4 nitrogen and oxygen atoms in total. The first-order valence-corrected chi connectivity index (χ1v) is 4.89. The number of halogens is 1. The summed E-state index contributed by atoms with van der Waals surface area (Å²) in [5.41, 5.74) is 6.56. The van der Waals surface area contributed by atoms with Gasteiger partial charge in [0, 0.05) is 35.0 Å². The molecule has 0 aromatic carbocycles. The molecule has 0 bridgehead atoms. The summed E-state index contributed by atoms with van der Waals surface area (Å²) < 4.78 is 2.82. The van der Waals surface area contributed by atoms with Crippen LogP contribution in [0.4, 0.5) is 0 Å². The summed E-state index contributed by atoms with van der Waals surface area (Å²) in [4.78, 5) is 0. The number of allylic oxidation sites excluding steroid dienone is 2. The Kier molecular flexibility index (Phi) is 4.85. The molecule has 0 amide bonds. The zero-order valence-electron chi connectivity index (χ0n) is 6.97. The summed E-state index contributed by atoms with van der Waals surface area (Å²) in [6.07, 6.45) is 6.56. The molecule has 1 aliphatic rings. The van der Waals surface area contributed by atoms with Gasteiger partial charge in [0.25, 0.3) is 0 Å². The lowest BCUT2D eigenvalue weighted by Crippen LogP contribution is -2.32. The third kappa shape index (κ3) is 3.78. The lowest BCUT2D eigenvalue weighted by atomic mass is 10.2. The van der Waals surface area contributed by atoms with Crippen LogP contribution in [0.2, 0.25) is 0 Å². The average Bonchev–Trinajstić information content (AvgIpc) is 2.11. The molecule has 0 fully saturated rings. The monoisotopic (exact) mass is 290 g/mol. The first kappa shape index (κ1) is 10.5. The fourth-order valence-corrected chi connectivity index (χ4v) is 1.20. The largest absolute Gasteiger partial charge is 0.313 e. The van der Waals surface area contributed by atoms with Crippen molar-refractivity contribution in [2.75, 3.05) is 0 Å². The van der Waals surface area contributed by atoms with E-state index in [0.717, 1.165) is 12.1 Å². The van der Waals surface area contributed by atoms with Gasteiger partial charge in [0.1, 0.15) is 6.04 Å². The van der Waals surface area contributed by atoms with Crippen LogP contribution < -0.4 is 20.3 Å². The number of hydrogen-bond donors (Lipinski definition) is 4. The van der Waals surface area contributed by atoms with Crippen molar-refractivity contribution in [3.8, 4) is 11.8 Å². The molecule has 1 aliphatic carbocycles. The van der Waals surface area contributed by atoms with E-state index in [2.05, 4.69) is 26.3 Å². The summed E-state index contributed by atoms with van der Waals surface area (Å²) in [6.45, 7) is 0. The van der Waals surface area contributed by atoms with Gasteiger partial charge in [-0.3, -0.25) is 5.84 Å². The lowest BCUT2D eigenvalue weighted by molar-refractivity contribution is 0.732. The van der Waals surface area contributed by atoms with Crippen molar-refractivity contribution in [2.24, 2.45) is 5.84 Å². The van der Waals surface area contributed by atoms with Crippen LogP contribution in [-0.4, -0.2) is 6.04 Å². The van der Waals surface area contributed by atoms with Crippen molar-refractivity contribution in [2.45, 2.75) is 12.5 Å². The molecule has 0 saturated carbocycles. The Morgan fingerprint density at radius 3 is 3.15 bits per heavy atom. The number of hydrogen-bond acceptors (Lipinski definition) is 4. The quantitative estimate of drug-likeness (QED) is 0.196. The second-order valence-electron chi connectivity index (χ2n) is 2.41. The van der Waals surface area contributed by atoms with Gasteiger partial charge in [-0.25, -0.2) is 5.43 Å². The van der Waals surface area contributed by atoms with Gasteiger partial charge in [-0.2, -0.15) is 3.64 Å². The summed E-state index contributed by atoms with van der Waals surface area (Å²) in [7, 11) is 0. The molecule has 0 aliphatic heterocycles. The number of hydrazine groups is 2. The molecule has 5 heteroatoms. The Labute approximate surface area is 91.5 Å². The van der Waals surface area contributed by atoms with Gasteiger partial charge in [0.2, 0.25) is 0 Å². The molecule has 5 N–H and O–H groups in total. The summed E-state index contributed by atoms with van der Waals surface area (Å²) >= 11 is 2.01. The topological polar surface area (TPSA) is 62.1 Å². The van der Waals surface area contributed by atoms with Crippen LogP contribution in [0.5, 0.6) is 0 Å². The van der Waals surface area contributed by atoms with E-state index in [-0.39, 0.29) is 6.04 Å². The zero-order chi connectivity index (χ0) is 9.52. The van der Waals surface area contributed by atoms with Crippen LogP contribution in [0.3, 0.4) is 0 Å². The van der Waals surface area contributed by atoms with Crippen LogP contribution in [0.15, 0.2) is 23.9 Å². The summed E-state index contributed by atoms with van der Waals surface area (Å²) in [6, 6.07) is -0.0697. The van der Waals surface area contributed by atoms with E-state index in [0.29, 0.717) is 0 Å². The molecule has 1 atom stereocenters. The minimum Gasteiger partial charge on any atom is -0.313 e. The average molecular weight is 290 g/mol. The van der Waals surface area contributed by atoms with E-state index < -0.39 is 0 Å². The third-order valence-corrected chi connectivity index (χ3v) is 1.79. The molecule has 0 spiro atoms. The van der Waals surface area contributed by atoms with Crippen LogP contribution in [0.1, 0.15) is 6.42 Å². The third-order valence-electron chi connectivity index (χ3n) is 1.52. The maximum absolute atomic E-state index is 5.28. The normalized spacial score (nSPS) is 20.8. The predicted octanol–water partition coefficient (Wildman–Crippen LogP) is 0.110. The molecule has 0 aromatic heterocycles. The molecule has 0 radical (unpaired) electrons. The fourth-order valence-electron chi connectivity index (χ4n) is 0.890. The molecule has 0 aromatic rings. The first-order chi connectivity index (χ1) is 6.36. The van der Waals surface area contributed by atoms with E-state index in [9.17, 15) is 0 Å². The maximum atomic E-state index is 5.28. The van der Waals surface area contributed by atoms with Gasteiger partial charge >= 0.3 is 0 Å². The highest BCUT2D eigenvalue weighted by molar-refractivity contribution is 14.1. The Balaban J connectivity index is 2.66. The van der Waals surface area contributed by atoms with Crippen molar-refractivity contribution < 1.29 is 0 Å². The van der Waals surface area contributed by atoms with Gasteiger partial charge in [-0.1, -0.05) is 17.9 Å². The van der Waals surface area contributed by atoms with E-state index in [4.69, 9.17) is 5.84 Å². The van der Waals surface area contributed by atoms with E-state index >= 15 is 0 Å². The van der Waals surface area contributed by atoms with E-state index in [1.165, 1.54) is 0 Å². The minimum atomic E-state index is -0.0697. The van der Waals surface area contributed by atoms with Crippen LogP contribution in [0.25, 0.3) is 0 Å². The van der Waals surface area contributed by atoms with Gasteiger partial charge in [-0.15, -0.1) is 0 Å². The standard InChI is InChI=1S/C8H11IN4/c9-13-12-8-4-2-1-3-7(11-10)5-6-8/h4-7,11-13H,2,10H2. The molecule has 1 rings (SSSR count). The van der Waals surface area contributed by atoms with Gasteiger partial charge < -0.3 is 5.43 Å². The van der Waals surface area contributed by atoms with Crippen molar-refractivity contribution in [3.63, 3.8) is 0 Å². The molecule has 70 valence electrons. The second kappa shape index (κ2) is 5.99. The van der Waals surface area contributed by atoms with Gasteiger partial charge in [0.05, 0.1) is 0 Å². The fraction of sp³-hybridized carbons (Fsp3) is 0.250. The molecule has 1 unspecified atom stereocenters. The number of nitrogens with one attached hydrogen (secondary N) is 3. The summed E-state index contributed by atoms with van der Waals surface area (Å²) in [5.74, 6) is 11.2. The number of nitrogens with two attached hydrogens (primary N) is 1. The van der Waals surface area contributed by atoms with E-state index in [1.54, 1.807) is 0 Å². The summed E-state index contributed by atoms with van der Waals surface area (Å²) in [5, 5.41) is 0. The number of rotatable bonds is 3. The smallest absolute Gasteiger partial charge is 0.100 e. The minimum absolute atomic E-state index is 0.0697. The molecular formula is C8H11IN4. The van der Waals surface area contributed by atoms with E-state index in [1.807, 2.05) is 41.1 Å². The van der Waals surface area contributed by atoms with Gasteiger partial charge in [-0.05, 0) is 12.2 Å². The maximum Gasteiger partial charge on any atom is 0.100 e. The van der Waals surface area contributed by atoms with Crippen LogP contribution in [-0.2, 0) is 0 Å². The Hall–Kier alpha value is -0.550. The Morgan fingerprint density at radius 2 is 2.46 bits per heavy atom. The molecule has 0 heterocycles. The Morgan fingerprint density at radius 1 is 1.62 bits per heavy atom. The van der Waals surface area contributed by atoms with Crippen LogP contribution in [0, 0.1) is 11.8 Å². The van der Waals surface area contributed by atoms with Crippen molar-refractivity contribution in [3.05, 3.63) is 23.9 Å². The highest BCUT2D eigenvalue weighted by Crippen LogP contribution is 1.98. The van der Waals surface area contributed by atoms with Gasteiger partial charge in [0.15, 0.2) is 0 Å². The highest BCUT2D eigenvalue weighted by atomic mass is 127. The molecule has 13 heavy (non-hydrogen) atoms. The Bertz CT molecular complexity index is 274. The highest BCUT2D eigenvalue weighted by Gasteiger charge is 1.97. The predicted molar refractivity (Wildman–Crippen MR) is 61.0 cm³/mol. The SMILES string of the molecule is NNC1C#CCC=C(NNI)C=C1. The molecule has 0 saturated heterocycles. The second-order valence-corrected chi connectivity index (χ2v) is 2.95. The van der Waals surface area contributed by atoms with Crippen LogP contribution >= 0.6 is 22.9 Å². The lowest BCUT2D eigenvalue weighted by Gasteiger charge is -2.07. The van der Waals surface area contributed by atoms with Crippen molar-refractivity contribution >= 4 is 22.9 Å². The first-order valence-electron chi connectivity index (χ1n) is 3.81. The van der Waals surface area contributed by atoms with Crippen molar-refractivity contribution in [1.82, 2.24) is 14.5 Å². The van der Waals surface area contributed by atoms with Crippen molar-refractivity contribution in [1.29, 1.82) is 0 Å². The zero-order valence-corrected chi connectivity index (χ0v) is 9.13. The molecular weight excluding hydrogens is 279 g/mol.